The van der Waals surface area contributed by atoms with Crippen LogP contribution in [0.2, 0.25) is 0 Å². The van der Waals surface area contributed by atoms with Gasteiger partial charge in [0.15, 0.2) is 0 Å². The lowest BCUT2D eigenvalue weighted by atomic mass is 9.91. The van der Waals surface area contributed by atoms with Gasteiger partial charge in [-0.2, -0.15) is 0 Å². The highest BCUT2D eigenvalue weighted by molar-refractivity contribution is 5.89. The first-order chi connectivity index (χ1) is 8.63. The normalized spacial score (nSPS) is 19.2. The molecule has 1 atom stereocenters. The number of benzene rings is 1. The van der Waals surface area contributed by atoms with Crippen molar-refractivity contribution in [2.75, 3.05) is 7.05 Å². The molecule has 1 aromatic heterocycles. The molecule has 1 heterocycles. The molecule has 2 aromatic rings. The van der Waals surface area contributed by atoms with Gasteiger partial charge < -0.3 is 9.88 Å². The third kappa shape index (κ3) is 1.52. The third-order valence-electron chi connectivity index (χ3n) is 4.37. The maximum Gasteiger partial charge on any atom is 0.0513 e. The van der Waals surface area contributed by atoms with Gasteiger partial charge in [0.25, 0.3) is 0 Å². The minimum Gasteiger partial charge on any atom is -0.346 e. The maximum atomic E-state index is 3.48. The van der Waals surface area contributed by atoms with E-state index in [2.05, 4.69) is 50.0 Å². The Kier molecular flexibility index (Phi) is 2.70. The van der Waals surface area contributed by atoms with Gasteiger partial charge in [-0.1, -0.05) is 11.6 Å². The molecule has 18 heavy (non-hydrogen) atoms. The summed E-state index contributed by atoms with van der Waals surface area (Å²) >= 11 is 0. The number of aryl methyl sites for hydroxylation is 4. The lowest BCUT2D eigenvalue weighted by Gasteiger charge is -2.24. The van der Waals surface area contributed by atoms with E-state index < -0.39 is 0 Å². The summed E-state index contributed by atoms with van der Waals surface area (Å²) in [5.41, 5.74) is 7.28. The molecule has 1 aromatic carbocycles. The number of nitrogens with zero attached hydrogens (tertiary/aromatic N) is 1. The predicted molar refractivity (Wildman–Crippen MR) is 77.1 cm³/mol. The molecule has 1 aliphatic rings. The number of hydrogen-bond donors (Lipinski definition) is 1. The van der Waals surface area contributed by atoms with Crippen molar-refractivity contribution in [2.45, 2.75) is 39.2 Å². The quantitative estimate of drug-likeness (QED) is 0.811. The van der Waals surface area contributed by atoms with Gasteiger partial charge in [-0.05, 0) is 57.4 Å². The summed E-state index contributed by atoms with van der Waals surface area (Å²) in [6.07, 6.45) is 3.78. The van der Waals surface area contributed by atoms with Crippen LogP contribution in [0, 0.1) is 13.8 Å². The first-order valence-corrected chi connectivity index (χ1v) is 6.89. The predicted octanol–water partition coefficient (Wildman–Crippen LogP) is 3.39. The molecule has 2 nitrogen and oxygen atoms in total. The van der Waals surface area contributed by atoms with Crippen molar-refractivity contribution in [1.29, 1.82) is 0 Å². The Balaban J connectivity index is 2.38. The van der Waals surface area contributed by atoms with E-state index in [1.807, 2.05) is 0 Å². The first-order valence-electron chi connectivity index (χ1n) is 6.89. The maximum absolute atomic E-state index is 3.48. The van der Waals surface area contributed by atoms with Gasteiger partial charge in [0.1, 0.15) is 0 Å². The van der Waals surface area contributed by atoms with Crippen LogP contribution in [0.25, 0.3) is 10.9 Å². The van der Waals surface area contributed by atoms with Crippen molar-refractivity contribution in [3.63, 3.8) is 0 Å². The van der Waals surface area contributed by atoms with Gasteiger partial charge in [0, 0.05) is 24.2 Å². The van der Waals surface area contributed by atoms with Crippen molar-refractivity contribution in [3.05, 3.63) is 34.5 Å². The highest BCUT2D eigenvalue weighted by atomic mass is 15.0. The molecule has 0 bridgehead atoms. The fourth-order valence-corrected chi connectivity index (χ4v) is 3.70. The standard InChI is InChI=1S/C16H22N2/c1-10-8-11(2)15-13(9-10)12-6-5-7-14(17-3)16(12)18(15)4/h8-9,14,17H,5-7H2,1-4H3. The molecule has 0 saturated carbocycles. The minimum atomic E-state index is 0.519. The van der Waals surface area contributed by atoms with Crippen molar-refractivity contribution in [1.82, 2.24) is 9.88 Å². The molecule has 3 rings (SSSR count). The summed E-state index contributed by atoms with van der Waals surface area (Å²) in [4.78, 5) is 0. The Bertz CT molecular complexity index is 607. The first kappa shape index (κ1) is 11.8. The van der Waals surface area contributed by atoms with Crippen LogP contribution in [-0.4, -0.2) is 11.6 Å². The zero-order valence-electron chi connectivity index (χ0n) is 11.8. The van der Waals surface area contributed by atoms with Crippen LogP contribution < -0.4 is 5.32 Å². The van der Waals surface area contributed by atoms with E-state index in [4.69, 9.17) is 0 Å². The fourth-order valence-electron chi connectivity index (χ4n) is 3.70. The monoisotopic (exact) mass is 242 g/mol. The van der Waals surface area contributed by atoms with E-state index in [0.29, 0.717) is 6.04 Å². The number of aromatic nitrogens is 1. The Morgan fingerprint density at radius 3 is 2.78 bits per heavy atom. The zero-order chi connectivity index (χ0) is 12.9. The summed E-state index contributed by atoms with van der Waals surface area (Å²) in [5, 5.41) is 4.95. The summed E-state index contributed by atoms with van der Waals surface area (Å²) in [5.74, 6) is 0. The summed E-state index contributed by atoms with van der Waals surface area (Å²) in [6.45, 7) is 4.43. The van der Waals surface area contributed by atoms with Crippen LogP contribution in [0.4, 0.5) is 0 Å². The Morgan fingerprint density at radius 2 is 2.06 bits per heavy atom. The lowest BCUT2D eigenvalue weighted by molar-refractivity contribution is 0.474. The van der Waals surface area contributed by atoms with E-state index in [1.165, 1.54) is 47.0 Å². The average Bonchev–Trinajstić information content (AvgIpc) is 2.63. The van der Waals surface area contributed by atoms with E-state index in [9.17, 15) is 0 Å². The second-order valence-corrected chi connectivity index (χ2v) is 5.63. The largest absolute Gasteiger partial charge is 0.346 e. The van der Waals surface area contributed by atoms with Crippen LogP contribution in [0.15, 0.2) is 12.1 Å². The Hall–Kier alpha value is -1.28. The van der Waals surface area contributed by atoms with Crippen molar-refractivity contribution < 1.29 is 0 Å². The molecule has 0 aliphatic heterocycles. The van der Waals surface area contributed by atoms with Gasteiger partial charge in [-0.3, -0.25) is 0 Å². The molecule has 2 heteroatoms. The molecule has 0 fully saturated rings. The molecule has 1 unspecified atom stereocenters. The molecule has 96 valence electrons. The second-order valence-electron chi connectivity index (χ2n) is 5.63. The van der Waals surface area contributed by atoms with Gasteiger partial charge in [0.2, 0.25) is 0 Å². The number of fused-ring (bicyclic) bond motifs is 3. The van der Waals surface area contributed by atoms with E-state index >= 15 is 0 Å². The summed E-state index contributed by atoms with van der Waals surface area (Å²) < 4.78 is 2.42. The van der Waals surface area contributed by atoms with Gasteiger partial charge in [-0.25, -0.2) is 0 Å². The number of hydrogen-bond acceptors (Lipinski definition) is 1. The van der Waals surface area contributed by atoms with Crippen LogP contribution in [0.5, 0.6) is 0 Å². The molecule has 0 saturated heterocycles. The molecule has 0 amide bonds. The molecule has 0 radical (unpaired) electrons. The molecule has 1 aliphatic carbocycles. The Morgan fingerprint density at radius 1 is 1.28 bits per heavy atom. The number of nitrogens with one attached hydrogen (secondary N) is 1. The molecular formula is C16H22N2. The average molecular weight is 242 g/mol. The molecular weight excluding hydrogens is 220 g/mol. The Labute approximate surface area is 109 Å². The van der Waals surface area contributed by atoms with Crippen LogP contribution >= 0.6 is 0 Å². The van der Waals surface area contributed by atoms with Crippen molar-refractivity contribution in [2.24, 2.45) is 7.05 Å². The van der Waals surface area contributed by atoms with Gasteiger partial charge in [0.05, 0.1) is 5.52 Å². The van der Waals surface area contributed by atoms with Crippen molar-refractivity contribution >= 4 is 10.9 Å². The summed E-state index contributed by atoms with van der Waals surface area (Å²) in [7, 11) is 4.30. The molecule has 0 spiro atoms. The van der Waals surface area contributed by atoms with E-state index in [0.717, 1.165) is 0 Å². The van der Waals surface area contributed by atoms with E-state index in [-0.39, 0.29) is 0 Å². The second kappa shape index (κ2) is 4.13. The minimum absolute atomic E-state index is 0.519. The SMILES string of the molecule is CNC1CCCc2c1n(C)c1c(C)cc(C)cc21. The topological polar surface area (TPSA) is 17.0 Å². The third-order valence-corrected chi connectivity index (χ3v) is 4.37. The van der Waals surface area contributed by atoms with Gasteiger partial charge >= 0.3 is 0 Å². The fraction of sp³-hybridized carbons (Fsp3) is 0.500. The lowest BCUT2D eigenvalue weighted by Crippen LogP contribution is -2.23. The summed E-state index contributed by atoms with van der Waals surface area (Å²) in [6, 6.07) is 5.17. The van der Waals surface area contributed by atoms with Crippen LogP contribution in [-0.2, 0) is 13.5 Å². The van der Waals surface area contributed by atoms with Crippen LogP contribution in [0.1, 0.15) is 41.3 Å². The highest BCUT2D eigenvalue weighted by Gasteiger charge is 2.25. The molecule has 1 N–H and O–H groups in total. The smallest absolute Gasteiger partial charge is 0.0513 e. The van der Waals surface area contributed by atoms with E-state index in [1.54, 1.807) is 5.56 Å². The highest BCUT2D eigenvalue weighted by Crippen LogP contribution is 2.38. The number of rotatable bonds is 1. The van der Waals surface area contributed by atoms with Gasteiger partial charge in [-0.15, -0.1) is 0 Å². The van der Waals surface area contributed by atoms with Crippen LogP contribution in [0.3, 0.4) is 0 Å². The zero-order valence-corrected chi connectivity index (χ0v) is 11.8. The van der Waals surface area contributed by atoms with Crippen molar-refractivity contribution in [3.8, 4) is 0 Å².